The summed E-state index contributed by atoms with van der Waals surface area (Å²) < 4.78 is 53.3. The third-order valence-corrected chi connectivity index (χ3v) is 2.92. The van der Waals surface area contributed by atoms with Crippen LogP contribution in [-0.2, 0) is 19.1 Å². The summed E-state index contributed by atoms with van der Waals surface area (Å²) in [5.74, 6) is -6.19. The molecule has 0 aromatic heterocycles. The van der Waals surface area contributed by atoms with Gasteiger partial charge in [-0.2, -0.15) is 0 Å². The Morgan fingerprint density at radius 2 is 1.33 bits per heavy atom. The lowest BCUT2D eigenvalue weighted by Crippen LogP contribution is -2.00. The summed E-state index contributed by atoms with van der Waals surface area (Å²) in [6, 6.07) is 6.99. The van der Waals surface area contributed by atoms with E-state index in [0.717, 1.165) is 30.4 Å². The molecule has 0 amide bonds. The van der Waals surface area contributed by atoms with Crippen molar-refractivity contribution in [3.8, 4) is 0 Å². The predicted molar refractivity (Wildman–Crippen MR) is 94.1 cm³/mol. The molecule has 6 nitrogen and oxygen atoms in total. The molecule has 2 aromatic carbocycles. The van der Waals surface area contributed by atoms with E-state index in [-0.39, 0.29) is 5.56 Å². The molecule has 0 radical (unpaired) electrons. The minimum Gasteiger partial charge on any atom is -0.478 e. The highest BCUT2D eigenvalue weighted by Crippen LogP contribution is 2.10. The van der Waals surface area contributed by atoms with Gasteiger partial charge in [0.15, 0.2) is 5.78 Å². The van der Waals surface area contributed by atoms with Crippen molar-refractivity contribution in [3.05, 3.63) is 95.6 Å². The molecule has 30 heavy (non-hydrogen) atoms. The molecule has 0 saturated heterocycles. The summed E-state index contributed by atoms with van der Waals surface area (Å²) in [5, 5.41) is 8.23. The fourth-order valence-corrected chi connectivity index (χ4v) is 1.69. The number of aliphatic carboxylic acids is 1. The molecular formula is C20H12F4O6. The van der Waals surface area contributed by atoms with Crippen LogP contribution in [0.1, 0.15) is 10.4 Å². The van der Waals surface area contributed by atoms with Crippen LogP contribution in [0, 0.1) is 23.3 Å². The summed E-state index contributed by atoms with van der Waals surface area (Å²) >= 11 is 0. The third kappa shape index (κ3) is 9.22. The quantitative estimate of drug-likeness (QED) is 0.267. The van der Waals surface area contributed by atoms with Gasteiger partial charge in [0.05, 0.1) is 5.56 Å². The fraction of sp³-hybridized carbons (Fsp3) is 0. The number of rotatable bonds is 3. The first-order chi connectivity index (χ1) is 14.1. The Hall–Kier alpha value is -4.08. The maximum absolute atomic E-state index is 13.0. The summed E-state index contributed by atoms with van der Waals surface area (Å²) in [5.41, 5.74) is -0.367. The monoisotopic (exact) mass is 424 g/mol. The van der Waals surface area contributed by atoms with E-state index in [4.69, 9.17) is 5.11 Å². The van der Waals surface area contributed by atoms with Crippen molar-refractivity contribution in [2.75, 3.05) is 0 Å². The van der Waals surface area contributed by atoms with E-state index in [1.54, 1.807) is 0 Å². The first-order valence-corrected chi connectivity index (χ1v) is 7.84. The zero-order chi connectivity index (χ0) is 22.7. The van der Waals surface area contributed by atoms with Crippen LogP contribution < -0.4 is 0 Å². The molecule has 0 bridgehead atoms. The number of allylic oxidation sites excluding steroid dienone is 1. The molecule has 1 aliphatic rings. The second-order valence-corrected chi connectivity index (χ2v) is 5.17. The Kier molecular flexibility index (Phi) is 9.34. The van der Waals surface area contributed by atoms with Crippen molar-refractivity contribution in [1.29, 1.82) is 0 Å². The molecule has 0 fully saturated rings. The first-order valence-electron chi connectivity index (χ1n) is 7.84. The lowest BCUT2D eigenvalue weighted by molar-refractivity contribution is -0.150. The average Bonchev–Trinajstić information content (AvgIpc) is 3.03. The Morgan fingerprint density at radius 1 is 0.800 bits per heavy atom. The van der Waals surface area contributed by atoms with Gasteiger partial charge in [0.2, 0.25) is 0 Å². The number of benzene rings is 2. The van der Waals surface area contributed by atoms with Crippen LogP contribution in [0.4, 0.5) is 17.6 Å². The standard InChI is InChI=1S/C10H6F2O3.C6H4F2.C4H2O3/c11-6-1-2-7(8(12)5-6)9(13)3-4-10(14)15;7-5-2-1-3-6(8)4-5;5-3-1-2-4(6)7-3/h1-5H,(H,14,15);1-4H;1-2H/b4-3+;;. The number of halogens is 4. The molecule has 1 aliphatic heterocycles. The number of carboxylic acid groups (broad SMARTS) is 1. The van der Waals surface area contributed by atoms with Crippen LogP contribution in [0.25, 0.3) is 0 Å². The van der Waals surface area contributed by atoms with Gasteiger partial charge in [0.1, 0.15) is 23.3 Å². The van der Waals surface area contributed by atoms with Gasteiger partial charge < -0.3 is 9.84 Å². The van der Waals surface area contributed by atoms with E-state index in [1.807, 2.05) is 0 Å². The number of carbonyl (C=O) groups is 4. The van der Waals surface area contributed by atoms with Gasteiger partial charge in [0, 0.05) is 30.4 Å². The van der Waals surface area contributed by atoms with E-state index in [0.29, 0.717) is 18.2 Å². The highest BCUT2D eigenvalue weighted by molar-refractivity contribution is 6.07. The van der Waals surface area contributed by atoms with Gasteiger partial charge in [-0.3, -0.25) is 4.79 Å². The number of cyclic esters (lactones) is 2. The van der Waals surface area contributed by atoms with Crippen molar-refractivity contribution in [2.45, 2.75) is 0 Å². The number of hydrogen-bond acceptors (Lipinski definition) is 5. The molecule has 1 heterocycles. The maximum Gasteiger partial charge on any atom is 0.338 e. The molecule has 10 heteroatoms. The van der Waals surface area contributed by atoms with Gasteiger partial charge >= 0.3 is 17.9 Å². The van der Waals surface area contributed by atoms with Crippen molar-refractivity contribution in [3.63, 3.8) is 0 Å². The Balaban J connectivity index is 0.000000250. The van der Waals surface area contributed by atoms with E-state index < -0.39 is 47.0 Å². The van der Waals surface area contributed by atoms with Crippen molar-refractivity contribution in [2.24, 2.45) is 0 Å². The topological polar surface area (TPSA) is 97.7 Å². The summed E-state index contributed by atoms with van der Waals surface area (Å²) in [6.45, 7) is 0. The highest BCUT2D eigenvalue weighted by Gasteiger charge is 2.10. The number of carbonyl (C=O) groups excluding carboxylic acids is 3. The summed E-state index contributed by atoms with van der Waals surface area (Å²) in [6.07, 6.45) is 3.47. The van der Waals surface area contributed by atoms with Gasteiger partial charge in [-0.1, -0.05) is 6.07 Å². The zero-order valence-corrected chi connectivity index (χ0v) is 14.9. The number of ketones is 1. The summed E-state index contributed by atoms with van der Waals surface area (Å²) in [4.78, 5) is 41.1. The van der Waals surface area contributed by atoms with Crippen LogP contribution in [0.15, 0.2) is 66.8 Å². The Labute approximate surface area is 166 Å². The molecule has 156 valence electrons. The van der Waals surface area contributed by atoms with Crippen LogP contribution in [0.3, 0.4) is 0 Å². The number of ether oxygens (including phenoxy) is 1. The molecule has 2 aromatic rings. The lowest BCUT2D eigenvalue weighted by atomic mass is 10.1. The normalized spacial score (nSPS) is 11.9. The molecule has 0 aliphatic carbocycles. The van der Waals surface area contributed by atoms with Crippen LogP contribution >= 0.6 is 0 Å². The van der Waals surface area contributed by atoms with Crippen molar-refractivity contribution >= 4 is 23.7 Å². The van der Waals surface area contributed by atoms with Crippen LogP contribution in [-0.4, -0.2) is 28.8 Å². The third-order valence-electron chi connectivity index (χ3n) is 2.92. The van der Waals surface area contributed by atoms with Gasteiger partial charge in [-0.15, -0.1) is 0 Å². The average molecular weight is 424 g/mol. The molecule has 3 rings (SSSR count). The Morgan fingerprint density at radius 3 is 1.70 bits per heavy atom. The second kappa shape index (κ2) is 11.7. The second-order valence-electron chi connectivity index (χ2n) is 5.17. The number of carboxylic acids is 1. The predicted octanol–water partition coefficient (Wildman–Crippen LogP) is 3.38. The Bertz CT molecular complexity index is 981. The van der Waals surface area contributed by atoms with Crippen molar-refractivity contribution in [1.82, 2.24) is 0 Å². The van der Waals surface area contributed by atoms with Gasteiger partial charge in [-0.25, -0.2) is 31.9 Å². The minimum absolute atomic E-state index is 0.367. The molecule has 0 spiro atoms. The SMILES string of the molecule is Fc1cccc(F)c1.O=C(O)/C=C/C(=O)c1ccc(F)cc1F.O=C1C=CC(=O)O1. The van der Waals surface area contributed by atoms with Gasteiger partial charge in [-0.05, 0) is 30.3 Å². The smallest absolute Gasteiger partial charge is 0.338 e. The van der Waals surface area contributed by atoms with E-state index in [9.17, 15) is 36.7 Å². The number of esters is 2. The van der Waals surface area contributed by atoms with Gasteiger partial charge in [0.25, 0.3) is 0 Å². The molecule has 0 unspecified atom stereocenters. The maximum atomic E-state index is 13.0. The first kappa shape index (κ1) is 24.0. The van der Waals surface area contributed by atoms with Crippen molar-refractivity contribution < 1.29 is 46.6 Å². The molecule has 1 N–H and O–H groups in total. The van der Waals surface area contributed by atoms with E-state index in [2.05, 4.69) is 4.74 Å². The highest BCUT2D eigenvalue weighted by atomic mass is 19.1. The zero-order valence-electron chi connectivity index (χ0n) is 14.9. The van der Waals surface area contributed by atoms with E-state index in [1.165, 1.54) is 18.2 Å². The molecular weight excluding hydrogens is 412 g/mol. The van der Waals surface area contributed by atoms with Crippen LogP contribution in [0.2, 0.25) is 0 Å². The largest absolute Gasteiger partial charge is 0.478 e. The lowest BCUT2D eigenvalue weighted by Gasteiger charge is -1.97. The summed E-state index contributed by atoms with van der Waals surface area (Å²) in [7, 11) is 0. The molecule has 0 atom stereocenters. The molecule has 0 saturated carbocycles. The fourth-order valence-electron chi connectivity index (χ4n) is 1.69. The minimum atomic E-state index is -1.31. The number of hydrogen-bond donors (Lipinski definition) is 1. The van der Waals surface area contributed by atoms with E-state index >= 15 is 0 Å². The van der Waals surface area contributed by atoms with Crippen LogP contribution in [0.5, 0.6) is 0 Å².